The number of anilines is 1. The molecule has 1 aliphatic rings. The molecule has 118 valence electrons. The van der Waals surface area contributed by atoms with E-state index in [4.69, 9.17) is 4.52 Å². The number of nitrogens with one attached hydrogen (secondary N) is 1. The Kier molecular flexibility index (Phi) is 5.03. The molecule has 1 aliphatic heterocycles. The number of nitrogens with zero attached hydrogens (tertiary/aromatic N) is 3. The molecule has 2 heterocycles. The Morgan fingerprint density at radius 3 is 2.73 bits per heavy atom. The molecule has 1 saturated heterocycles. The summed E-state index contributed by atoms with van der Waals surface area (Å²) in [6.07, 6.45) is 3.32. The van der Waals surface area contributed by atoms with Crippen molar-refractivity contribution in [2.45, 2.75) is 25.4 Å². The molecule has 1 aromatic carbocycles. The number of likely N-dealkylation sites (tertiary alicyclic amines) is 1. The molecule has 2 aromatic rings. The van der Waals surface area contributed by atoms with E-state index in [1.807, 2.05) is 30.3 Å². The standard InChI is InChI=1S/C16H22N4O2/c21-14(12-20-9-5-2-6-10-20)11-17-16-18-15(22-19-16)13-7-3-1-4-8-13/h1,3-4,7-8,14,21H,2,5-6,9-12H2,(H,17,19). The van der Waals surface area contributed by atoms with Gasteiger partial charge in [0.2, 0.25) is 0 Å². The van der Waals surface area contributed by atoms with Crippen LogP contribution in [0.15, 0.2) is 34.9 Å². The first kappa shape index (κ1) is 15.0. The molecule has 0 aliphatic carbocycles. The number of hydrogen-bond donors (Lipinski definition) is 2. The zero-order valence-electron chi connectivity index (χ0n) is 12.6. The van der Waals surface area contributed by atoms with Crippen LogP contribution >= 0.6 is 0 Å². The van der Waals surface area contributed by atoms with Crippen molar-refractivity contribution in [1.82, 2.24) is 15.0 Å². The van der Waals surface area contributed by atoms with Crippen LogP contribution in [0.3, 0.4) is 0 Å². The molecule has 0 spiro atoms. The van der Waals surface area contributed by atoms with Crippen LogP contribution in [-0.2, 0) is 0 Å². The van der Waals surface area contributed by atoms with Gasteiger partial charge >= 0.3 is 0 Å². The molecule has 0 saturated carbocycles. The van der Waals surface area contributed by atoms with Crippen molar-refractivity contribution in [3.05, 3.63) is 30.3 Å². The molecule has 1 atom stereocenters. The molecule has 1 unspecified atom stereocenters. The summed E-state index contributed by atoms with van der Waals surface area (Å²) in [5, 5.41) is 17.0. The van der Waals surface area contributed by atoms with Crippen molar-refractivity contribution in [3.8, 4) is 11.5 Å². The van der Waals surface area contributed by atoms with E-state index < -0.39 is 6.10 Å². The fourth-order valence-corrected chi connectivity index (χ4v) is 2.71. The predicted molar refractivity (Wildman–Crippen MR) is 84.5 cm³/mol. The summed E-state index contributed by atoms with van der Waals surface area (Å²) in [5.74, 6) is 0.894. The van der Waals surface area contributed by atoms with Crippen LogP contribution in [0.25, 0.3) is 11.5 Å². The highest BCUT2D eigenvalue weighted by atomic mass is 16.5. The van der Waals surface area contributed by atoms with Gasteiger partial charge in [0.15, 0.2) is 0 Å². The number of aromatic nitrogens is 2. The maximum absolute atomic E-state index is 10.1. The van der Waals surface area contributed by atoms with Gasteiger partial charge in [-0.1, -0.05) is 24.6 Å². The monoisotopic (exact) mass is 302 g/mol. The van der Waals surface area contributed by atoms with E-state index in [-0.39, 0.29) is 0 Å². The molecule has 22 heavy (non-hydrogen) atoms. The smallest absolute Gasteiger partial charge is 0.263 e. The topological polar surface area (TPSA) is 74.4 Å². The van der Waals surface area contributed by atoms with Gasteiger partial charge < -0.3 is 19.8 Å². The Morgan fingerprint density at radius 1 is 1.18 bits per heavy atom. The average Bonchev–Trinajstić information content (AvgIpc) is 3.04. The third-order valence-corrected chi connectivity index (χ3v) is 3.86. The number of β-amino-alcohol motifs (C(OH)–C–C–N with tert-alkyl or cyclic N) is 1. The fourth-order valence-electron chi connectivity index (χ4n) is 2.71. The third kappa shape index (κ3) is 4.05. The second kappa shape index (κ2) is 7.38. The Labute approximate surface area is 130 Å². The van der Waals surface area contributed by atoms with Gasteiger partial charge in [-0.05, 0) is 43.2 Å². The first-order chi connectivity index (χ1) is 10.8. The van der Waals surface area contributed by atoms with Crippen molar-refractivity contribution in [2.24, 2.45) is 0 Å². The van der Waals surface area contributed by atoms with Crippen LogP contribution in [0.1, 0.15) is 19.3 Å². The third-order valence-electron chi connectivity index (χ3n) is 3.86. The number of aliphatic hydroxyl groups excluding tert-OH is 1. The summed E-state index contributed by atoms with van der Waals surface area (Å²) in [4.78, 5) is 6.59. The van der Waals surface area contributed by atoms with Gasteiger partial charge in [0, 0.05) is 18.7 Å². The lowest BCUT2D eigenvalue weighted by Gasteiger charge is -2.28. The Balaban J connectivity index is 1.48. The van der Waals surface area contributed by atoms with Gasteiger partial charge in [-0.2, -0.15) is 4.98 Å². The molecular weight excluding hydrogens is 280 g/mol. The lowest BCUT2D eigenvalue weighted by Crippen LogP contribution is -2.39. The average molecular weight is 302 g/mol. The molecule has 6 heteroatoms. The van der Waals surface area contributed by atoms with Crippen LogP contribution in [0.5, 0.6) is 0 Å². The van der Waals surface area contributed by atoms with Crippen molar-refractivity contribution in [3.63, 3.8) is 0 Å². The lowest BCUT2D eigenvalue weighted by molar-refractivity contribution is 0.109. The zero-order valence-corrected chi connectivity index (χ0v) is 12.6. The predicted octanol–water partition coefficient (Wildman–Crippen LogP) is 2.00. The summed E-state index contributed by atoms with van der Waals surface area (Å²) in [6, 6.07) is 9.63. The quantitative estimate of drug-likeness (QED) is 0.850. The molecule has 0 amide bonds. The highest BCUT2D eigenvalue weighted by Crippen LogP contribution is 2.17. The lowest BCUT2D eigenvalue weighted by atomic mass is 10.1. The van der Waals surface area contributed by atoms with Crippen molar-refractivity contribution >= 4 is 5.95 Å². The summed E-state index contributed by atoms with van der Waals surface area (Å²) < 4.78 is 5.22. The van der Waals surface area contributed by atoms with Crippen LogP contribution < -0.4 is 5.32 Å². The minimum Gasteiger partial charge on any atom is -0.390 e. The molecule has 0 bridgehead atoms. The molecule has 6 nitrogen and oxygen atoms in total. The number of rotatable bonds is 6. The highest BCUT2D eigenvalue weighted by Gasteiger charge is 2.15. The van der Waals surface area contributed by atoms with Crippen molar-refractivity contribution in [1.29, 1.82) is 0 Å². The molecule has 0 radical (unpaired) electrons. The van der Waals surface area contributed by atoms with Crippen LogP contribution in [0.4, 0.5) is 5.95 Å². The summed E-state index contributed by atoms with van der Waals surface area (Å²) in [5.41, 5.74) is 0.886. The Bertz CT molecular complexity index is 567. The molecule has 1 fully saturated rings. The molecule has 2 N–H and O–H groups in total. The summed E-state index contributed by atoms with van der Waals surface area (Å²) in [7, 11) is 0. The number of hydrogen-bond acceptors (Lipinski definition) is 6. The number of aliphatic hydroxyl groups is 1. The first-order valence-electron chi connectivity index (χ1n) is 7.85. The maximum atomic E-state index is 10.1. The van der Waals surface area contributed by atoms with E-state index in [0.717, 1.165) is 18.7 Å². The Morgan fingerprint density at radius 2 is 1.95 bits per heavy atom. The van der Waals surface area contributed by atoms with Gasteiger partial charge in [-0.3, -0.25) is 0 Å². The van der Waals surface area contributed by atoms with E-state index in [2.05, 4.69) is 20.4 Å². The van der Waals surface area contributed by atoms with Gasteiger partial charge in [-0.15, -0.1) is 0 Å². The summed E-state index contributed by atoms with van der Waals surface area (Å²) >= 11 is 0. The van der Waals surface area contributed by atoms with Gasteiger partial charge in [0.1, 0.15) is 0 Å². The maximum Gasteiger partial charge on any atom is 0.263 e. The van der Waals surface area contributed by atoms with Gasteiger partial charge in [0.25, 0.3) is 11.8 Å². The fraction of sp³-hybridized carbons (Fsp3) is 0.500. The SMILES string of the molecule is OC(CNc1noc(-c2ccccc2)n1)CN1CCCCC1. The molecular formula is C16H22N4O2. The van der Waals surface area contributed by atoms with Crippen LogP contribution in [0.2, 0.25) is 0 Å². The molecule has 1 aromatic heterocycles. The second-order valence-corrected chi connectivity index (χ2v) is 5.69. The van der Waals surface area contributed by atoms with E-state index in [1.54, 1.807) is 0 Å². The molecule has 3 rings (SSSR count). The normalized spacial score (nSPS) is 17.3. The van der Waals surface area contributed by atoms with Gasteiger partial charge in [-0.25, -0.2) is 0 Å². The largest absolute Gasteiger partial charge is 0.390 e. The van der Waals surface area contributed by atoms with Crippen LogP contribution in [-0.4, -0.2) is 52.4 Å². The number of piperidine rings is 1. The highest BCUT2D eigenvalue weighted by molar-refractivity contribution is 5.53. The zero-order chi connectivity index (χ0) is 15.2. The van der Waals surface area contributed by atoms with Crippen molar-refractivity contribution in [2.75, 3.05) is 31.5 Å². The number of benzene rings is 1. The van der Waals surface area contributed by atoms with Crippen molar-refractivity contribution < 1.29 is 9.63 Å². The van der Waals surface area contributed by atoms with Gasteiger partial charge in [0.05, 0.1) is 6.10 Å². The summed E-state index contributed by atoms with van der Waals surface area (Å²) in [6.45, 7) is 3.27. The van der Waals surface area contributed by atoms with E-state index in [9.17, 15) is 5.11 Å². The van der Waals surface area contributed by atoms with Crippen LogP contribution in [0, 0.1) is 0 Å². The first-order valence-corrected chi connectivity index (χ1v) is 7.85. The minimum atomic E-state index is -0.434. The van der Waals surface area contributed by atoms with E-state index >= 15 is 0 Å². The minimum absolute atomic E-state index is 0.413. The second-order valence-electron chi connectivity index (χ2n) is 5.69. The van der Waals surface area contributed by atoms with E-state index in [0.29, 0.717) is 24.9 Å². The van der Waals surface area contributed by atoms with E-state index in [1.165, 1.54) is 19.3 Å². The Hall–Kier alpha value is -1.92.